The van der Waals surface area contributed by atoms with Crippen LogP contribution in [-0.2, 0) is 13.5 Å². The molecule has 2 aromatic carbocycles. The van der Waals surface area contributed by atoms with Gasteiger partial charge in [-0.3, -0.25) is 14.3 Å². The van der Waals surface area contributed by atoms with Gasteiger partial charge in [-0.1, -0.05) is 12.1 Å². The van der Waals surface area contributed by atoms with Gasteiger partial charge in [-0.05, 0) is 41.8 Å². The van der Waals surface area contributed by atoms with Crippen LogP contribution in [0.1, 0.15) is 43.3 Å². The minimum absolute atomic E-state index is 0.192. The lowest BCUT2D eigenvalue weighted by atomic mass is 9.90. The third-order valence-corrected chi connectivity index (χ3v) is 5.35. The Morgan fingerprint density at radius 3 is 2.68 bits per heavy atom. The molecule has 1 aliphatic heterocycles. The zero-order valence-electron chi connectivity index (χ0n) is 17.3. The number of carbonyl (C=O) groups is 2. The highest BCUT2D eigenvalue weighted by atomic mass is 19.1. The number of rotatable bonds is 6. The quantitative estimate of drug-likeness (QED) is 0.639. The van der Waals surface area contributed by atoms with Gasteiger partial charge in [0.2, 0.25) is 0 Å². The molecule has 0 saturated heterocycles. The number of amides is 2. The summed E-state index contributed by atoms with van der Waals surface area (Å²) in [5.41, 5.74) is 3.30. The van der Waals surface area contributed by atoms with Crippen LogP contribution in [0, 0.1) is 5.82 Å². The Labute approximate surface area is 179 Å². The molecule has 1 atom stereocenters. The Kier molecular flexibility index (Phi) is 5.70. The van der Waals surface area contributed by atoms with Crippen molar-refractivity contribution in [1.82, 2.24) is 20.4 Å². The number of carbonyl (C=O) groups excluding carboxylic acids is 2. The topological polar surface area (TPSA) is 85.3 Å². The van der Waals surface area contributed by atoms with E-state index in [1.165, 1.54) is 19.2 Å². The molecule has 0 spiro atoms. The largest absolute Gasteiger partial charge is 0.491 e. The molecule has 1 aliphatic rings. The predicted octanol–water partition coefficient (Wildman–Crippen LogP) is 2.42. The second kappa shape index (κ2) is 8.59. The lowest BCUT2D eigenvalue weighted by Crippen LogP contribution is -2.26. The summed E-state index contributed by atoms with van der Waals surface area (Å²) in [5.74, 6) is -0.666. The van der Waals surface area contributed by atoms with Crippen LogP contribution < -0.4 is 15.4 Å². The average molecular weight is 422 g/mol. The van der Waals surface area contributed by atoms with Crippen LogP contribution >= 0.6 is 0 Å². The van der Waals surface area contributed by atoms with Crippen LogP contribution in [0.25, 0.3) is 0 Å². The molecule has 1 unspecified atom stereocenters. The van der Waals surface area contributed by atoms with E-state index >= 15 is 0 Å². The molecular formula is C23H23FN4O3. The van der Waals surface area contributed by atoms with Gasteiger partial charge in [-0.15, -0.1) is 0 Å². The van der Waals surface area contributed by atoms with Gasteiger partial charge in [0, 0.05) is 43.9 Å². The first kappa shape index (κ1) is 20.6. The zero-order chi connectivity index (χ0) is 22.0. The summed E-state index contributed by atoms with van der Waals surface area (Å²) in [6, 6.07) is 9.47. The Morgan fingerprint density at radius 1 is 1.23 bits per heavy atom. The molecule has 4 rings (SSSR count). The summed E-state index contributed by atoms with van der Waals surface area (Å²) in [6.07, 6.45) is 4.31. The number of nitrogens with zero attached hydrogens (tertiary/aromatic N) is 2. The van der Waals surface area contributed by atoms with Gasteiger partial charge in [0.25, 0.3) is 11.8 Å². The van der Waals surface area contributed by atoms with E-state index in [1.807, 2.05) is 13.2 Å². The van der Waals surface area contributed by atoms with E-state index in [0.29, 0.717) is 36.4 Å². The van der Waals surface area contributed by atoms with Gasteiger partial charge < -0.3 is 15.4 Å². The third-order valence-electron chi connectivity index (χ3n) is 5.35. The van der Waals surface area contributed by atoms with Crippen LogP contribution in [0.2, 0.25) is 0 Å². The first-order chi connectivity index (χ1) is 15.0. The van der Waals surface area contributed by atoms with Crippen LogP contribution in [0.5, 0.6) is 5.75 Å². The molecule has 2 N–H and O–H groups in total. The maximum Gasteiger partial charge on any atom is 0.254 e. The lowest BCUT2D eigenvalue weighted by molar-refractivity contribution is 0.0954. The second-order valence-corrected chi connectivity index (χ2v) is 7.46. The minimum atomic E-state index is -0.332. The molecule has 0 saturated carbocycles. The number of hydrogen-bond donors (Lipinski definition) is 2. The second-order valence-electron chi connectivity index (χ2n) is 7.46. The summed E-state index contributed by atoms with van der Waals surface area (Å²) in [5, 5.41) is 9.61. The number of benzene rings is 2. The zero-order valence-corrected chi connectivity index (χ0v) is 17.3. The molecule has 0 fully saturated rings. The highest BCUT2D eigenvalue weighted by Crippen LogP contribution is 2.41. The average Bonchev–Trinajstić information content (AvgIpc) is 3.39. The normalized spacial score (nSPS) is 14.6. The number of aromatic nitrogens is 2. The van der Waals surface area contributed by atoms with Crippen molar-refractivity contribution in [2.45, 2.75) is 12.3 Å². The van der Waals surface area contributed by atoms with E-state index in [0.717, 1.165) is 16.7 Å². The number of hydrogen-bond acceptors (Lipinski definition) is 4. The van der Waals surface area contributed by atoms with Crippen molar-refractivity contribution < 1.29 is 18.7 Å². The molecular weight excluding hydrogens is 399 g/mol. The number of halogens is 1. The summed E-state index contributed by atoms with van der Waals surface area (Å²) in [6.45, 7) is 0.756. The van der Waals surface area contributed by atoms with Crippen LogP contribution in [0.15, 0.2) is 48.8 Å². The molecule has 31 heavy (non-hydrogen) atoms. The lowest BCUT2D eigenvalue weighted by Gasteiger charge is -2.13. The molecule has 7 nitrogen and oxygen atoms in total. The van der Waals surface area contributed by atoms with Gasteiger partial charge in [-0.25, -0.2) is 4.39 Å². The molecule has 160 valence electrons. The Balaban J connectivity index is 1.60. The van der Waals surface area contributed by atoms with Crippen molar-refractivity contribution in [3.8, 4) is 5.75 Å². The van der Waals surface area contributed by atoms with Gasteiger partial charge >= 0.3 is 0 Å². The summed E-state index contributed by atoms with van der Waals surface area (Å²) in [4.78, 5) is 25.3. The van der Waals surface area contributed by atoms with E-state index in [1.54, 1.807) is 35.1 Å². The Bertz CT molecular complexity index is 1120. The van der Waals surface area contributed by atoms with Crippen LogP contribution in [-0.4, -0.2) is 41.8 Å². The van der Waals surface area contributed by atoms with Crippen LogP contribution in [0.3, 0.4) is 0 Å². The van der Waals surface area contributed by atoms with E-state index in [-0.39, 0.29) is 23.5 Å². The molecule has 0 bridgehead atoms. The molecule has 8 heteroatoms. The minimum Gasteiger partial charge on any atom is -0.491 e. The van der Waals surface area contributed by atoms with E-state index in [4.69, 9.17) is 4.74 Å². The van der Waals surface area contributed by atoms with Gasteiger partial charge in [0.1, 0.15) is 11.6 Å². The fourth-order valence-corrected chi connectivity index (χ4v) is 3.76. The molecule has 0 radical (unpaired) electrons. The van der Waals surface area contributed by atoms with E-state index < -0.39 is 0 Å². The van der Waals surface area contributed by atoms with Crippen molar-refractivity contribution in [2.75, 3.05) is 20.2 Å². The molecule has 3 aromatic rings. The fraction of sp³-hybridized carbons (Fsp3) is 0.261. The molecule has 2 heterocycles. The maximum atomic E-state index is 13.4. The smallest absolute Gasteiger partial charge is 0.254 e. The standard InChI is InChI=1S/C23H23FN4O3/c1-25-23(30)19-10-16(22(29)26-8-7-14-11-27-28(2)12-14)9-18-20(13-31-21(18)19)15-3-5-17(24)6-4-15/h3-6,9-12,20H,7-8,13H2,1-2H3,(H,25,30)(H,26,29). The highest BCUT2D eigenvalue weighted by molar-refractivity contribution is 6.02. The van der Waals surface area contributed by atoms with E-state index in [2.05, 4.69) is 15.7 Å². The van der Waals surface area contributed by atoms with Crippen molar-refractivity contribution >= 4 is 11.8 Å². The van der Waals surface area contributed by atoms with Crippen molar-refractivity contribution in [3.63, 3.8) is 0 Å². The summed E-state index contributed by atoms with van der Waals surface area (Å²) < 4.78 is 20.9. The Hall–Kier alpha value is -3.68. The Morgan fingerprint density at radius 2 is 2.00 bits per heavy atom. The molecule has 0 aliphatic carbocycles. The number of ether oxygens (including phenoxy) is 1. The van der Waals surface area contributed by atoms with Crippen LogP contribution in [0.4, 0.5) is 4.39 Å². The summed E-state index contributed by atoms with van der Waals surface area (Å²) >= 11 is 0. The molecule has 2 amide bonds. The van der Waals surface area contributed by atoms with Gasteiger partial charge in [-0.2, -0.15) is 5.10 Å². The molecule has 1 aromatic heterocycles. The number of fused-ring (bicyclic) bond motifs is 1. The third kappa shape index (κ3) is 4.28. The fourth-order valence-electron chi connectivity index (χ4n) is 3.76. The monoisotopic (exact) mass is 422 g/mol. The predicted molar refractivity (Wildman–Crippen MR) is 113 cm³/mol. The van der Waals surface area contributed by atoms with Crippen molar-refractivity contribution in [3.05, 3.63) is 82.4 Å². The number of nitrogens with one attached hydrogen (secondary N) is 2. The van der Waals surface area contributed by atoms with Gasteiger partial charge in [0.15, 0.2) is 0 Å². The summed E-state index contributed by atoms with van der Waals surface area (Å²) in [7, 11) is 3.37. The SMILES string of the molecule is CNC(=O)c1cc(C(=O)NCCc2cnn(C)c2)cc2c1OCC2c1ccc(F)cc1. The van der Waals surface area contributed by atoms with E-state index in [9.17, 15) is 14.0 Å². The maximum absolute atomic E-state index is 13.4. The number of aryl methyl sites for hydroxylation is 1. The van der Waals surface area contributed by atoms with Crippen molar-refractivity contribution in [1.29, 1.82) is 0 Å². The van der Waals surface area contributed by atoms with Crippen molar-refractivity contribution in [2.24, 2.45) is 7.05 Å². The first-order valence-electron chi connectivity index (χ1n) is 10.00. The first-order valence-corrected chi connectivity index (χ1v) is 10.00. The highest BCUT2D eigenvalue weighted by Gasteiger charge is 2.31. The van der Waals surface area contributed by atoms with Gasteiger partial charge in [0.05, 0.1) is 18.4 Å².